The maximum atomic E-state index is 13.5. The van der Waals surface area contributed by atoms with Crippen LogP contribution in [0.4, 0.5) is 39.5 Å². The average Bonchev–Trinajstić information content (AvgIpc) is 2.49. The molecule has 0 fully saturated rings. The maximum absolute atomic E-state index is 13.5. The molecule has 0 bridgehead atoms. The van der Waals surface area contributed by atoms with Gasteiger partial charge in [0, 0.05) is 11.6 Å². The van der Waals surface area contributed by atoms with Crippen molar-refractivity contribution in [2.75, 3.05) is 6.67 Å². The molecule has 120 valence electrons. The molecular formula is C13H5F9. The summed E-state index contributed by atoms with van der Waals surface area (Å²) in [5.41, 5.74) is -3.38. The van der Waals surface area contributed by atoms with Gasteiger partial charge in [-0.1, -0.05) is 6.58 Å². The molecular weight excluding hydrogens is 327 g/mol. The molecule has 0 heterocycles. The Hall–Kier alpha value is -2.19. The van der Waals surface area contributed by atoms with E-state index < -0.39 is 64.4 Å². The molecule has 1 rings (SSSR count). The Kier molecular flexibility index (Phi) is 5.45. The highest BCUT2D eigenvalue weighted by Gasteiger charge is 2.27. The Labute approximate surface area is 117 Å². The Morgan fingerprint density at radius 3 is 1.68 bits per heavy atom. The molecule has 1 aromatic carbocycles. The predicted molar refractivity (Wildman–Crippen MR) is 59.8 cm³/mol. The first-order valence-electron chi connectivity index (χ1n) is 5.31. The Bertz CT molecular complexity index is 659. The van der Waals surface area contributed by atoms with E-state index in [1.807, 2.05) is 0 Å². The van der Waals surface area contributed by atoms with Gasteiger partial charge in [-0.05, 0) is 0 Å². The predicted octanol–water partition coefficient (Wildman–Crippen LogP) is 5.53. The molecule has 0 aliphatic heterocycles. The molecule has 0 aliphatic rings. The number of rotatable bonds is 4. The second kappa shape index (κ2) is 6.71. The lowest BCUT2D eigenvalue weighted by atomic mass is 10.0. The van der Waals surface area contributed by atoms with Crippen LogP contribution in [0.2, 0.25) is 0 Å². The van der Waals surface area contributed by atoms with Crippen LogP contribution in [0.3, 0.4) is 0 Å². The van der Waals surface area contributed by atoms with Gasteiger partial charge in [-0.25, -0.2) is 39.5 Å². The summed E-state index contributed by atoms with van der Waals surface area (Å²) in [7, 11) is 0. The van der Waals surface area contributed by atoms with Crippen LogP contribution in [0, 0.1) is 23.3 Å². The zero-order valence-electron chi connectivity index (χ0n) is 10.4. The Balaban J connectivity index is 3.52. The third-order valence-electron chi connectivity index (χ3n) is 2.42. The minimum atomic E-state index is -2.66. The molecule has 22 heavy (non-hydrogen) atoms. The summed E-state index contributed by atoms with van der Waals surface area (Å²) in [5, 5.41) is 0. The summed E-state index contributed by atoms with van der Waals surface area (Å²) in [5.74, 6) is -18.2. The van der Waals surface area contributed by atoms with Gasteiger partial charge >= 0.3 is 0 Å². The quantitative estimate of drug-likeness (QED) is 0.386. The van der Waals surface area contributed by atoms with E-state index in [4.69, 9.17) is 0 Å². The van der Waals surface area contributed by atoms with E-state index in [2.05, 4.69) is 6.58 Å². The van der Waals surface area contributed by atoms with Gasteiger partial charge in [-0.2, -0.15) is 0 Å². The van der Waals surface area contributed by atoms with Gasteiger partial charge in [-0.15, -0.1) is 0 Å². The first-order chi connectivity index (χ1) is 10.1. The van der Waals surface area contributed by atoms with E-state index in [1.54, 1.807) is 0 Å². The van der Waals surface area contributed by atoms with E-state index in [0.29, 0.717) is 0 Å². The highest BCUT2D eigenvalue weighted by molar-refractivity contribution is 5.77. The fraction of sp³-hybridized carbons (Fsp3) is 0.0769. The third-order valence-corrected chi connectivity index (χ3v) is 2.42. The SMILES string of the molecule is C=C(/C(F)=C(F)\C(F)=C(\F)CF)c1c(F)c(F)cc(F)c1F. The summed E-state index contributed by atoms with van der Waals surface area (Å²) in [6.45, 7) is 0.511. The molecule has 0 atom stereocenters. The van der Waals surface area contributed by atoms with Gasteiger partial charge in [0.25, 0.3) is 0 Å². The fourth-order valence-electron chi connectivity index (χ4n) is 1.35. The van der Waals surface area contributed by atoms with Crippen molar-refractivity contribution < 1.29 is 39.5 Å². The lowest BCUT2D eigenvalue weighted by Crippen LogP contribution is -2.03. The standard InChI is InChI=1S/C13H5F9/c1-4(9(18)13(22)12(21)7(17)3-14)8-10(19)5(15)2-6(16)11(8)20/h2H,1,3H2/b12-7-,13-9-. The first-order valence-corrected chi connectivity index (χ1v) is 5.31. The second-order valence-electron chi connectivity index (χ2n) is 3.80. The number of alkyl halides is 1. The second-order valence-corrected chi connectivity index (χ2v) is 3.80. The summed E-state index contributed by atoms with van der Waals surface area (Å²) >= 11 is 0. The molecule has 0 aromatic heterocycles. The molecule has 0 aliphatic carbocycles. The molecule has 0 radical (unpaired) electrons. The molecule has 0 saturated carbocycles. The summed E-state index contributed by atoms with van der Waals surface area (Å²) in [4.78, 5) is 0. The van der Waals surface area contributed by atoms with Crippen molar-refractivity contribution in [3.8, 4) is 0 Å². The van der Waals surface area contributed by atoms with Crippen LogP contribution in [-0.4, -0.2) is 6.67 Å². The number of halogens is 9. The van der Waals surface area contributed by atoms with Crippen molar-refractivity contribution in [2.24, 2.45) is 0 Å². The van der Waals surface area contributed by atoms with Crippen LogP contribution in [0.1, 0.15) is 5.56 Å². The summed E-state index contributed by atoms with van der Waals surface area (Å²) in [6, 6.07) is -0.206. The monoisotopic (exact) mass is 332 g/mol. The van der Waals surface area contributed by atoms with Gasteiger partial charge < -0.3 is 0 Å². The normalized spacial score (nSPS) is 13.7. The van der Waals surface area contributed by atoms with E-state index in [-0.39, 0.29) is 6.07 Å². The van der Waals surface area contributed by atoms with Gasteiger partial charge in [0.2, 0.25) is 0 Å². The van der Waals surface area contributed by atoms with Gasteiger partial charge in [0.1, 0.15) is 6.67 Å². The van der Waals surface area contributed by atoms with Gasteiger partial charge in [-0.3, -0.25) is 0 Å². The average molecular weight is 332 g/mol. The lowest BCUT2D eigenvalue weighted by Gasteiger charge is -2.09. The molecule has 9 heteroatoms. The van der Waals surface area contributed by atoms with Crippen molar-refractivity contribution >= 4 is 5.57 Å². The Morgan fingerprint density at radius 1 is 0.818 bits per heavy atom. The molecule has 0 nitrogen and oxygen atoms in total. The van der Waals surface area contributed by atoms with E-state index in [0.717, 1.165) is 0 Å². The number of hydrogen-bond acceptors (Lipinski definition) is 0. The van der Waals surface area contributed by atoms with Crippen LogP contribution in [-0.2, 0) is 0 Å². The zero-order chi connectivity index (χ0) is 17.2. The minimum absolute atomic E-state index is 0.206. The van der Waals surface area contributed by atoms with E-state index in [1.165, 1.54) is 0 Å². The molecule has 0 amide bonds. The Morgan fingerprint density at radius 2 is 1.27 bits per heavy atom. The van der Waals surface area contributed by atoms with E-state index in [9.17, 15) is 39.5 Å². The fourth-order valence-corrected chi connectivity index (χ4v) is 1.35. The molecule has 0 N–H and O–H groups in total. The maximum Gasteiger partial charge on any atom is 0.197 e. The van der Waals surface area contributed by atoms with Gasteiger partial charge in [0.05, 0.1) is 5.56 Å². The van der Waals surface area contributed by atoms with Crippen molar-refractivity contribution in [3.05, 3.63) is 64.8 Å². The smallest absolute Gasteiger partial charge is 0.197 e. The highest BCUT2D eigenvalue weighted by Crippen LogP contribution is 2.34. The van der Waals surface area contributed by atoms with E-state index >= 15 is 0 Å². The van der Waals surface area contributed by atoms with Crippen LogP contribution in [0.15, 0.2) is 36.0 Å². The molecule has 0 saturated heterocycles. The number of hydrogen-bond donors (Lipinski definition) is 0. The third kappa shape index (κ3) is 3.18. The minimum Gasteiger partial charge on any atom is -0.243 e. The first kappa shape index (κ1) is 17.9. The molecule has 0 spiro atoms. The van der Waals surface area contributed by atoms with Gasteiger partial charge in [0.15, 0.2) is 46.6 Å². The molecule has 0 unspecified atom stereocenters. The van der Waals surface area contributed by atoms with Crippen LogP contribution >= 0.6 is 0 Å². The summed E-state index contributed by atoms with van der Waals surface area (Å²) < 4.78 is 116. The lowest BCUT2D eigenvalue weighted by molar-refractivity contribution is 0.412. The topological polar surface area (TPSA) is 0 Å². The number of benzene rings is 1. The van der Waals surface area contributed by atoms with Crippen LogP contribution < -0.4 is 0 Å². The van der Waals surface area contributed by atoms with Crippen molar-refractivity contribution in [1.82, 2.24) is 0 Å². The zero-order valence-corrected chi connectivity index (χ0v) is 10.4. The van der Waals surface area contributed by atoms with Crippen LogP contribution in [0.25, 0.3) is 5.57 Å². The molecule has 1 aromatic rings. The van der Waals surface area contributed by atoms with Crippen molar-refractivity contribution in [2.45, 2.75) is 0 Å². The van der Waals surface area contributed by atoms with Crippen molar-refractivity contribution in [3.63, 3.8) is 0 Å². The summed E-state index contributed by atoms with van der Waals surface area (Å²) in [6.07, 6.45) is 0. The largest absolute Gasteiger partial charge is 0.243 e. The van der Waals surface area contributed by atoms with Crippen LogP contribution in [0.5, 0.6) is 0 Å². The number of allylic oxidation sites excluding steroid dienone is 5. The van der Waals surface area contributed by atoms with Crippen molar-refractivity contribution in [1.29, 1.82) is 0 Å². The highest BCUT2D eigenvalue weighted by atomic mass is 19.2.